The Labute approximate surface area is 121 Å². The van der Waals surface area contributed by atoms with E-state index < -0.39 is 34.5 Å². The Morgan fingerprint density at radius 2 is 2.05 bits per heavy atom. The van der Waals surface area contributed by atoms with Crippen LogP contribution in [0.15, 0.2) is 11.6 Å². The van der Waals surface area contributed by atoms with Crippen LogP contribution in [0.1, 0.15) is 26.7 Å². The molecule has 1 N–H and O–H groups in total. The van der Waals surface area contributed by atoms with E-state index >= 15 is 0 Å². The average Bonchev–Trinajstić information content (AvgIpc) is 2.81. The number of carbonyl (C=O) groups is 3. The smallest absolute Gasteiger partial charge is 0.343 e. The van der Waals surface area contributed by atoms with Crippen molar-refractivity contribution in [1.82, 2.24) is 0 Å². The quantitative estimate of drug-likeness (QED) is 0.638. The van der Waals surface area contributed by atoms with E-state index in [0.717, 1.165) is 0 Å². The first-order valence-electron chi connectivity index (χ1n) is 7.11. The fourth-order valence-electron chi connectivity index (χ4n) is 4.72. The zero-order valence-corrected chi connectivity index (χ0v) is 11.8. The van der Waals surface area contributed by atoms with E-state index in [2.05, 4.69) is 0 Å². The lowest BCUT2D eigenvalue weighted by Crippen LogP contribution is -2.67. The Morgan fingerprint density at radius 1 is 1.33 bits per heavy atom. The lowest BCUT2D eigenvalue weighted by molar-refractivity contribution is -0.213. The Balaban J connectivity index is 2.00. The van der Waals surface area contributed by atoms with Crippen LogP contribution in [0, 0.1) is 16.7 Å². The number of rotatable bonds is 0. The molecular formula is C15H16O6. The van der Waals surface area contributed by atoms with Crippen LogP contribution < -0.4 is 0 Å². The van der Waals surface area contributed by atoms with Crippen molar-refractivity contribution in [3.8, 4) is 0 Å². The fourth-order valence-corrected chi connectivity index (χ4v) is 4.72. The highest BCUT2D eigenvalue weighted by Gasteiger charge is 2.76. The molecular weight excluding hydrogens is 276 g/mol. The van der Waals surface area contributed by atoms with E-state index in [1.165, 1.54) is 6.08 Å². The minimum absolute atomic E-state index is 0.00394. The second-order valence-corrected chi connectivity index (χ2v) is 6.87. The number of carbonyl (C=O) groups excluding carboxylic acids is 3. The third kappa shape index (κ3) is 1.14. The van der Waals surface area contributed by atoms with Crippen molar-refractivity contribution < 1.29 is 29.0 Å². The van der Waals surface area contributed by atoms with Gasteiger partial charge in [0.15, 0.2) is 5.78 Å². The molecule has 112 valence electrons. The minimum Gasteiger partial charge on any atom is -0.462 e. The normalized spacial score (nSPS) is 51.0. The van der Waals surface area contributed by atoms with Gasteiger partial charge in [0.25, 0.3) is 0 Å². The van der Waals surface area contributed by atoms with E-state index in [4.69, 9.17) is 9.47 Å². The molecule has 0 radical (unpaired) electrons. The molecule has 0 aromatic heterocycles. The van der Waals surface area contributed by atoms with Gasteiger partial charge in [-0.3, -0.25) is 9.59 Å². The Hall–Kier alpha value is -1.69. The summed E-state index contributed by atoms with van der Waals surface area (Å²) in [6.45, 7) is 3.52. The summed E-state index contributed by atoms with van der Waals surface area (Å²) >= 11 is 0. The summed E-state index contributed by atoms with van der Waals surface area (Å²) in [5, 5.41) is 11.0. The fraction of sp³-hybridized carbons (Fsp3) is 0.667. The van der Waals surface area contributed by atoms with Gasteiger partial charge in [-0.25, -0.2) is 4.79 Å². The molecule has 3 fully saturated rings. The summed E-state index contributed by atoms with van der Waals surface area (Å²) < 4.78 is 10.4. The second kappa shape index (κ2) is 3.38. The Kier molecular flexibility index (Phi) is 2.09. The molecule has 1 spiro atoms. The van der Waals surface area contributed by atoms with Crippen molar-refractivity contribution in [3.63, 3.8) is 0 Å². The van der Waals surface area contributed by atoms with Gasteiger partial charge in [-0.15, -0.1) is 0 Å². The van der Waals surface area contributed by atoms with Crippen LogP contribution in [0.25, 0.3) is 0 Å². The number of cyclic esters (lactones) is 1. The molecule has 6 nitrogen and oxygen atoms in total. The molecule has 1 saturated carbocycles. The zero-order chi connectivity index (χ0) is 15.2. The maximum Gasteiger partial charge on any atom is 0.343 e. The average molecular weight is 292 g/mol. The molecule has 0 aromatic rings. The van der Waals surface area contributed by atoms with Crippen LogP contribution in [0.3, 0.4) is 0 Å². The van der Waals surface area contributed by atoms with Gasteiger partial charge in [0.05, 0.1) is 11.8 Å². The molecule has 2 heterocycles. The molecule has 5 atom stereocenters. The lowest BCUT2D eigenvalue weighted by Gasteiger charge is -2.56. The van der Waals surface area contributed by atoms with Crippen molar-refractivity contribution in [2.24, 2.45) is 16.7 Å². The van der Waals surface area contributed by atoms with Crippen molar-refractivity contribution >= 4 is 17.7 Å². The van der Waals surface area contributed by atoms with Crippen molar-refractivity contribution in [2.45, 2.75) is 38.4 Å². The van der Waals surface area contributed by atoms with Crippen LogP contribution in [0.2, 0.25) is 0 Å². The largest absolute Gasteiger partial charge is 0.462 e. The van der Waals surface area contributed by atoms with Gasteiger partial charge in [-0.1, -0.05) is 6.92 Å². The highest BCUT2D eigenvalue weighted by atomic mass is 16.6. The third-order valence-corrected chi connectivity index (χ3v) is 6.07. The first-order chi connectivity index (χ1) is 9.75. The van der Waals surface area contributed by atoms with E-state index in [9.17, 15) is 19.5 Å². The summed E-state index contributed by atoms with van der Waals surface area (Å²) in [5.74, 6) is -1.66. The topological polar surface area (TPSA) is 89.9 Å². The first kappa shape index (κ1) is 13.0. The summed E-state index contributed by atoms with van der Waals surface area (Å²) in [6.07, 6.45) is 0.956. The maximum atomic E-state index is 12.2. The molecule has 0 amide bonds. The number of aliphatic hydroxyl groups is 1. The molecule has 2 saturated heterocycles. The number of esters is 2. The van der Waals surface area contributed by atoms with Gasteiger partial charge < -0.3 is 14.6 Å². The van der Waals surface area contributed by atoms with E-state index in [-0.39, 0.29) is 24.7 Å². The second-order valence-electron chi connectivity index (χ2n) is 6.87. The van der Waals surface area contributed by atoms with Crippen LogP contribution >= 0.6 is 0 Å². The third-order valence-electron chi connectivity index (χ3n) is 6.07. The molecule has 2 aliphatic heterocycles. The first-order valence-corrected chi connectivity index (χ1v) is 7.11. The van der Waals surface area contributed by atoms with Gasteiger partial charge in [-0.05, 0) is 25.0 Å². The standard InChI is InChI=1S/C15H16O6/c1-7-8(16)3-9-13(2)6-20-12(18)15(13,19)10-4-14(7,9)5-11(17)21-10/h3,7,10,19H,4-6H2,1-2H3/t7-,10-,13+,14-,15-/m1/s1. The van der Waals surface area contributed by atoms with Gasteiger partial charge in [-0.2, -0.15) is 0 Å². The molecule has 2 bridgehead atoms. The van der Waals surface area contributed by atoms with Gasteiger partial charge in [0, 0.05) is 11.3 Å². The molecule has 4 aliphatic rings. The highest BCUT2D eigenvalue weighted by Crippen LogP contribution is 2.66. The number of allylic oxidation sites excluding steroid dienone is 1. The number of hydrogen-bond acceptors (Lipinski definition) is 6. The summed E-state index contributed by atoms with van der Waals surface area (Å²) in [4.78, 5) is 36.3. The predicted octanol–water partition coefficient (Wildman–Crippen LogP) is 0.131. The summed E-state index contributed by atoms with van der Waals surface area (Å²) in [5.41, 5.74) is -2.89. The van der Waals surface area contributed by atoms with Crippen LogP contribution in [-0.4, -0.2) is 41.1 Å². The van der Waals surface area contributed by atoms with Gasteiger partial charge in [0.1, 0.15) is 12.7 Å². The number of ketones is 1. The van der Waals surface area contributed by atoms with Gasteiger partial charge >= 0.3 is 11.9 Å². The highest BCUT2D eigenvalue weighted by molar-refractivity contribution is 5.99. The van der Waals surface area contributed by atoms with Crippen molar-refractivity contribution in [3.05, 3.63) is 11.6 Å². The van der Waals surface area contributed by atoms with E-state index in [0.29, 0.717) is 12.0 Å². The number of hydrogen-bond donors (Lipinski definition) is 1. The SMILES string of the molecule is C[C@@H]1C(=O)C=C2[C@]13CC(=O)O[C@H](C3)[C@@]1(O)C(=O)OC[C@@]21C. The lowest BCUT2D eigenvalue weighted by atomic mass is 9.50. The van der Waals surface area contributed by atoms with Crippen LogP contribution in [0.4, 0.5) is 0 Å². The summed E-state index contributed by atoms with van der Waals surface area (Å²) in [7, 11) is 0. The molecule has 4 rings (SSSR count). The molecule has 2 aliphatic carbocycles. The molecule has 21 heavy (non-hydrogen) atoms. The maximum absolute atomic E-state index is 12.2. The van der Waals surface area contributed by atoms with Crippen molar-refractivity contribution in [1.29, 1.82) is 0 Å². The summed E-state index contributed by atoms with van der Waals surface area (Å²) in [6, 6.07) is 0. The van der Waals surface area contributed by atoms with E-state index in [1.807, 2.05) is 0 Å². The molecule has 0 aromatic carbocycles. The zero-order valence-electron chi connectivity index (χ0n) is 11.8. The van der Waals surface area contributed by atoms with Crippen LogP contribution in [-0.2, 0) is 23.9 Å². The predicted molar refractivity (Wildman–Crippen MR) is 67.8 cm³/mol. The van der Waals surface area contributed by atoms with Crippen LogP contribution in [0.5, 0.6) is 0 Å². The molecule has 0 unspecified atom stereocenters. The number of fused-ring (bicyclic) bond motifs is 4. The molecule has 6 heteroatoms. The Bertz CT molecular complexity index is 636. The van der Waals surface area contributed by atoms with Crippen molar-refractivity contribution in [2.75, 3.05) is 6.61 Å². The Morgan fingerprint density at radius 3 is 2.76 bits per heavy atom. The number of ether oxygens (including phenoxy) is 2. The van der Waals surface area contributed by atoms with E-state index in [1.54, 1.807) is 13.8 Å². The minimum atomic E-state index is -1.90. The van der Waals surface area contributed by atoms with Gasteiger partial charge in [0.2, 0.25) is 5.60 Å². The monoisotopic (exact) mass is 292 g/mol.